The zero-order valence-corrected chi connectivity index (χ0v) is 14.9. The molecule has 1 heterocycles. The molecule has 21 heavy (non-hydrogen) atoms. The van der Waals surface area contributed by atoms with E-state index in [9.17, 15) is 0 Å². The van der Waals surface area contributed by atoms with Gasteiger partial charge in [0.1, 0.15) is 3.74 Å². The predicted octanol–water partition coefficient (Wildman–Crippen LogP) is 5.70. The zero-order valence-electron chi connectivity index (χ0n) is 11.8. The molecule has 106 valence electrons. The lowest BCUT2D eigenvalue weighted by atomic mass is 10.1. The molecule has 3 rings (SSSR count). The van der Waals surface area contributed by atoms with E-state index in [0.717, 1.165) is 28.0 Å². The highest BCUT2D eigenvalue weighted by Crippen LogP contribution is 2.35. The highest BCUT2D eigenvalue weighted by atomic mass is 79.9. The second-order valence-electron chi connectivity index (χ2n) is 5.05. The molecule has 2 aromatic carbocycles. The van der Waals surface area contributed by atoms with Crippen LogP contribution in [0.15, 0.2) is 42.5 Å². The Bertz CT molecular complexity index is 799. The summed E-state index contributed by atoms with van der Waals surface area (Å²) in [6, 6.07) is 14.4. The summed E-state index contributed by atoms with van der Waals surface area (Å²) < 4.78 is -0.0290. The van der Waals surface area contributed by atoms with Crippen molar-refractivity contribution in [3.05, 3.63) is 59.3 Å². The maximum absolute atomic E-state index is 4.85. The Morgan fingerprint density at radius 1 is 0.857 bits per heavy atom. The number of aromatic nitrogens is 2. The van der Waals surface area contributed by atoms with Gasteiger partial charge in [-0.15, -0.1) is 0 Å². The van der Waals surface area contributed by atoms with Gasteiger partial charge in [0, 0.05) is 5.56 Å². The number of aryl methyl sites for hydroxylation is 2. The Morgan fingerprint density at radius 2 is 1.43 bits per heavy atom. The fraction of sp³-hybridized carbons (Fsp3) is 0.176. The van der Waals surface area contributed by atoms with Gasteiger partial charge in [0.05, 0.1) is 22.4 Å². The van der Waals surface area contributed by atoms with Gasteiger partial charge in [0.2, 0.25) is 0 Å². The van der Waals surface area contributed by atoms with Gasteiger partial charge in [-0.1, -0.05) is 62.2 Å². The maximum Gasteiger partial charge on any atom is 0.114 e. The molecular formula is C17H14Br2N2. The van der Waals surface area contributed by atoms with E-state index in [2.05, 4.69) is 70.0 Å². The number of alkyl halides is 2. The SMILES string of the molecule is Cc1cc2nc(-c3ccccc3)c(C(Br)Br)nc2cc1C. The summed E-state index contributed by atoms with van der Waals surface area (Å²) in [6.07, 6.45) is 0. The summed E-state index contributed by atoms with van der Waals surface area (Å²) in [5.74, 6) is 0. The van der Waals surface area contributed by atoms with E-state index in [0.29, 0.717) is 0 Å². The Labute approximate surface area is 140 Å². The van der Waals surface area contributed by atoms with E-state index < -0.39 is 0 Å². The van der Waals surface area contributed by atoms with Crippen molar-refractivity contribution in [3.8, 4) is 11.3 Å². The lowest BCUT2D eigenvalue weighted by Gasteiger charge is -2.12. The van der Waals surface area contributed by atoms with Crippen LogP contribution in [0, 0.1) is 13.8 Å². The Kier molecular flexibility index (Phi) is 4.09. The highest BCUT2D eigenvalue weighted by molar-refractivity contribution is 9.24. The molecule has 0 aliphatic carbocycles. The molecule has 4 heteroatoms. The van der Waals surface area contributed by atoms with Crippen LogP contribution in [0.4, 0.5) is 0 Å². The van der Waals surface area contributed by atoms with Crippen molar-refractivity contribution in [2.45, 2.75) is 17.6 Å². The fourth-order valence-corrected chi connectivity index (χ4v) is 2.92. The van der Waals surface area contributed by atoms with Crippen LogP contribution in [0.25, 0.3) is 22.3 Å². The van der Waals surface area contributed by atoms with Gasteiger partial charge in [-0.3, -0.25) is 0 Å². The van der Waals surface area contributed by atoms with Crippen LogP contribution in [-0.4, -0.2) is 9.97 Å². The van der Waals surface area contributed by atoms with Crippen molar-refractivity contribution in [2.75, 3.05) is 0 Å². The third-order valence-corrected chi connectivity index (χ3v) is 4.43. The minimum atomic E-state index is -0.0290. The molecule has 0 unspecified atom stereocenters. The molecule has 0 N–H and O–H groups in total. The first kappa shape index (κ1) is 14.7. The maximum atomic E-state index is 4.85. The predicted molar refractivity (Wildman–Crippen MR) is 95.0 cm³/mol. The van der Waals surface area contributed by atoms with Crippen LogP contribution >= 0.6 is 31.9 Å². The Hall–Kier alpha value is -1.26. The van der Waals surface area contributed by atoms with Crippen molar-refractivity contribution < 1.29 is 0 Å². The first-order chi connectivity index (χ1) is 10.1. The number of halogens is 2. The molecule has 1 aromatic heterocycles. The monoisotopic (exact) mass is 404 g/mol. The van der Waals surface area contributed by atoms with Crippen molar-refractivity contribution in [2.24, 2.45) is 0 Å². The molecule has 0 saturated heterocycles. The summed E-state index contributed by atoms with van der Waals surface area (Å²) >= 11 is 7.13. The summed E-state index contributed by atoms with van der Waals surface area (Å²) in [6.45, 7) is 4.20. The van der Waals surface area contributed by atoms with Crippen LogP contribution in [0.5, 0.6) is 0 Å². The van der Waals surface area contributed by atoms with Crippen molar-refractivity contribution in [3.63, 3.8) is 0 Å². The minimum Gasteiger partial charge on any atom is -0.247 e. The molecule has 0 aliphatic rings. The standard InChI is InChI=1S/C17H14Br2N2/c1-10-8-13-14(9-11(10)2)21-16(17(18)19)15(20-13)12-6-4-3-5-7-12/h3-9,17H,1-2H3. The number of fused-ring (bicyclic) bond motifs is 1. The lowest BCUT2D eigenvalue weighted by molar-refractivity contribution is 1.16. The average Bonchev–Trinajstić information content (AvgIpc) is 2.48. The highest BCUT2D eigenvalue weighted by Gasteiger charge is 2.16. The normalized spacial score (nSPS) is 11.3. The van der Waals surface area contributed by atoms with Gasteiger partial charge < -0.3 is 0 Å². The second-order valence-corrected chi connectivity index (χ2v) is 8.11. The summed E-state index contributed by atoms with van der Waals surface area (Å²) in [5, 5.41) is 0. The number of benzene rings is 2. The van der Waals surface area contributed by atoms with Gasteiger partial charge in [0.25, 0.3) is 0 Å². The molecule has 0 saturated carbocycles. The largest absolute Gasteiger partial charge is 0.247 e. The number of hydrogen-bond donors (Lipinski definition) is 0. The molecule has 0 aliphatic heterocycles. The van der Waals surface area contributed by atoms with E-state index in [1.807, 2.05) is 18.2 Å². The van der Waals surface area contributed by atoms with Crippen molar-refractivity contribution in [1.82, 2.24) is 9.97 Å². The van der Waals surface area contributed by atoms with Crippen LogP contribution in [0.2, 0.25) is 0 Å². The zero-order chi connectivity index (χ0) is 15.0. The van der Waals surface area contributed by atoms with Crippen LogP contribution in [0.3, 0.4) is 0 Å². The third kappa shape index (κ3) is 2.87. The molecule has 3 aromatic rings. The first-order valence-electron chi connectivity index (χ1n) is 6.68. The number of nitrogens with zero attached hydrogens (tertiary/aromatic N) is 2. The third-order valence-electron chi connectivity index (χ3n) is 3.56. The van der Waals surface area contributed by atoms with Gasteiger partial charge in [0.15, 0.2) is 0 Å². The molecule has 2 nitrogen and oxygen atoms in total. The molecule has 0 radical (unpaired) electrons. The molecular weight excluding hydrogens is 392 g/mol. The Balaban J connectivity index is 2.32. The lowest BCUT2D eigenvalue weighted by Crippen LogP contribution is -1.99. The van der Waals surface area contributed by atoms with E-state index >= 15 is 0 Å². The summed E-state index contributed by atoms with van der Waals surface area (Å²) in [5.41, 5.74) is 7.21. The fourth-order valence-electron chi connectivity index (χ4n) is 2.29. The first-order valence-corrected chi connectivity index (χ1v) is 8.52. The molecule has 0 atom stereocenters. The summed E-state index contributed by atoms with van der Waals surface area (Å²) in [4.78, 5) is 9.64. The minimum absolute atomic E-state index is 0.0290. The molecule has 0 bridgehead atoms. The topological polar surface area (TPSA) is 25.8 Å². The van der Waals surface area contributed by atoms with Gasteiger partial charge in [-0.25, -0.2) is 9.97 Å². The number of hydrogen-bond acceptors (Lipinski definition) is 2. The molecule has 0 spiro atoms. The van der Waals surface area contributed by atoms with Crippen LogP contribution in [0.1, 0.15) is 20.6 Å². The smallest absolute Gasteiger partial charge is 0.114 e. The molecule has 0 fully saturated rings. The van der Waals surface area contributed by atoms with Crippen molar-refractivity contribution >= 4 is 42.9 Å². The van der Waals surface area contributed by atoms with E-state index in [-0.39, 0.29) is 3.74 Å². The average molecular weight is 406 g/mol. The second kappa shape index (κ2) is 5.85. The Morgan fingerprint density at radius 3 is 2.00 bits per heavy atom. The van der Waals surface area contributed by atoms with Crippen LogP contribution < -0.4 is 0 Å². The van der Waals surface area contributed by atoms with E-state index in [4.69, 9.17) is 9.97 Å². The van der Waals surface area contributed by atoms with E-state index in [1.165, 1.54) is 11.1 Å². The van der Waals surface area contributed by atoms with Crippen molar-refractivity contribution in [1.29, 1.82) is 0 Å². The molecule has 0 amide bonds. The quantitative estimate of drug-likeness (QED) is 0.511. The number of rotatable bonds is 2. The van der Waals surface area contributed by atoms with Crippen LogP contribution in [-0.2, 0) is 0 Å². The van der Waals surface area contributed by atoms with Gasteiger partial charge in [-0.05, 0) is 37.1 Å². The van der Waals surface area contributed by atoms with Gasteiger partial charge >= 0.3 is 0 Å². The summed E-state index contributed by atoms with van der Waals surface area (Å²) in [7, 11) is 0. The van der Waals surface area contributed by atoms with Gasteiger partial charge in [-0.2, -0.15) is 0 Å². The van der Waals surface area contributed by atoms with E-state index in [1.54, 1.807) is 0 Å².